The van der Waals surface area contributed by atoms with Gasteiger partial charge in [0.1, 0.15) is 5.65 Å². The van der Waals surface area contributed by atoms with Crippen molar-refractivity contribution in [1.29, 1.82) is 0 Å². The number of pyridine rings is 1. The lowest BCUT2D eigenvalue weighted by Crippen LogP contribution is -2.18. The number of hydrogen-bond donors (Lipinski definition) is 1. The molecule has 0 aromatic carbocycles. The molecule has 0 unspecified atom stereocenters. The Balaban J connectivity index is 3.03. The zero-order valence-corrected chi connectivity index (χ0v) is 7.76. The average Bonchev–Trinajstić information content (AvgIpc) is 2.02. The van der Waals surface area contributed by atoms with Gasteiger partial charge in [-0.15, -0.1) is 0 Å². The zero-order chi connectivity index (χ0) is 9.42. The van der Waals surface area contributed by atoms with Crippen LogP contribution in [0.4, 0.5) is 0 Å². The Morgan fingerprint density at radius 1 is 1.62 bits per heavy atom. The van der Waals surface area contributed by atoms with Crippen molar-refractivity contribution in [3.05, 3.63) is 39.1 Å². The largest absolute Gasteiger partial charge is 0.333 e. The number of nitrogens with zero attached hydrogens (tertiary/aromatic N) is 2. The van der Waals surface area contributed by atoms with Gasteiger partial charge in [0.15, 0.2) is 0 Å². The Kier molecular flexibility index (Phi) is 1.73. The predicted molar refractivity (Wildman–Crippen MR) is 51.4 cm³/mol. The van der Waals surface area contributed by atoms with Crippen molar-refractivity contribution < 1.29 is 0 Å². The molecule has 2 aromatic rings. The Labute approximate surface area is 78.9 Å². The second-order valence-corrected chi connectivity index (χ2v) is 3.17. The maximum atomic E-state index is 11.3. The molecule has 66 valence electrons. The Morgan fingerprint density at radius 2 is 2.38 bits per heavy atom. The smallest absolute Gasteiger partial charge is 0.282 e. The van der Waals surface area contributed by atoms with E-state index in [2.05, 4.69) is 9.97 Å². The molecule has 0 amide bonds. The SMILES string of the molecule is Cc1ccn2c(=O)[nH]c(=S)nc2c1. The fraction of sp³-hybridized carbons (Fsp3) is 0.125. The van der Waals surface area contributed by atoms with Crippen molar-refractivity contribution in [3.63, 3.8) is 0 Å². The summed E-state index contributed by atoms with van der Waals surface area (Å²) in [4.78, 5) is 17.8. The zero-order valence-electron chi connectivity index (χ0n) is 6.94. The molecule has 2 rings (SSSR count). The molecule has 5 heteroatoms. The lowest BCUT2D eigenvalue weighted by molar-refractivity contribution is 0.925. The lowest BCUT2D eigenvalue weighted by atomic mass is 10.3. The molecule has 0 saturated heterocycles. The number of nitrogens with one attached hydrogen (secondary N) is 1. The van der Waals surface area contributed by atoms with Gasteiger partial charge in [-0.3, -0.25) is 9.38 Å². The highest BCUT2D eigenvalue weighted by molar-refractivity contribution is 7.71. The van der Waals surface area contributed by atoms with Crippen LogP contribution in [0.15, 0.2) is 23.1 Å². The molecular weight excluding hydrogens is 186 g/mol. The van der Waals surface area contributed by atoms with Crippen LogP contribution in [0, 0.1) is 11.7 Å². The molecule has 4 nitrogen and oxygen atoms in total. The van der Waals surface area contributed by atoms with Crippen LogP contribution in [0.25, 0.3) is 5.65 Å². The lowest BCUT2D eigenvalue weighted by Gasteiger charge is -1.98. The first-order valence-corrected chi connectivity index (χ1v) is 4.17. The van der Waals surface area contributed by atoms with Gasteiger partial charge < -0.3 is 0 Å². The van der Waals surface area contributed by atoms with Gasteiger partial charge >= 0.3 is 5.69 Å². The van der Waals surface area contributed by atoms with Crippen LogP contribution in [0.1, 0.15) is 5.56 Å². The first-order chi connectivity index (χ1) is 6.16. The summed E-state index contributed by atoms with van der Waals surface area (Å²) >= 11 is 4.79. The highest BCUT2D eigenvalue weighted by atomic mass is 32.1. The summed E-state index contributed by atoms with van der Waals surface area (Å²) in [6.45, 7) is 1.94. The van der Waals surface area contributed by atoms with Crippen LogP contribution in [0.2, 0.25) is 0 Å². The molecule has 1 N–H and O–H groups in total. The number of aryl methyl sites for hydroxylation is 1. The maximum Gasteiger partial charge on any atom is 0.333 e. The average molecular weight is 193 g/mol. The van der Waals surface area contributed by atoms with Crippen molar-refractivity contribution in [2.45, 2.75) is 6.92 Å². The Hall–Kier alpha value is -1.49. The molecule has 0 saturated carbocycles. The number of hydrogen-bond acceptors (Lipinski definition) is 3. The number of rotatable bonds is 0. The number of fused-ring (bicyclic) bond motifs is 1. The van der Waals surface area contributed by atoms with Crippen molar-refractivity contribution in [1.82, 2.24) is 14.4 Å². The van der Waals surface area contributed by atoms with E-state index in [-0.39, 0.29) is 10.5 Å². The Bertz CT molecular complexity index is 569. The molecule has 0 aliphatic carbocycles. The van der Waals surface area contributed by atoms with E-state index in [0.717, 1.165) is 5.56 Å². The molecule has 0 bridgehead atoms. The molecule has 2 aromatic heterocycles. The summed E-state index contributed by atoms with van der Waals surface area (Å²) in [5.41, 5.74) is 1.37. The fourth-order valence-corrected chi connectivity index (χ4v) is 1.31. The first-order valence-electron chi connectivity index (χ1n) is 3.76. The summed E-state index contributed by atoms with van der Waals surface area (Å²) in [7, 11) is 0. The van der Waals surface area contributed by atoms with Crippen LogP contribution >= 0.6 is 12.2 Å². The van der Waals surface area contributed by atoms with Crippen LogP contribution in [-0.2, 0) is 0 Å². The molecule has 0 radical (unpaired) electrons. The van der Waals surface area contributed by atoms with Crippen LogP contribution in [0.3, 0.4) is 0 Å². The second-order valence-electron chi connectivity index (χ2n) is 2.78. The third-order valence-corrected chi connectivity index (χ3v) is 1.93. The van der Waals surface area contributed by atoms with Crippen molar-refractivity contribution in [2.24, 2.45) is 0 Å². The molecule has 0 aliphatic rings. The molecule has 13 heavy (non-hydrogen) atoms. The highest BCUT2D eigenvalue weighted by Crippen LogP contribution is 1.99. The minimum atomic E-state index is -0.255. The van der Waals surface area contributed by atoms with Crippen LogP contribution in [-0.4, -0.2) is 14.4 Å². The topological polar surface area (TPSA) is 50.2 Å². The van der Waals surface area contributed by atoms with Gasteiger partial charge in [0.2, 0.25) is 4.77 Å². The molecule has 0 fully saturated rings. The van der Waals surface area contributed by atoms with E-state index >= 15 is 0 Å². The molecule has 0 aliphatic heterocycles. The van der Waals surface area contributed by atoms with E-state index in [1.165, 1.54) is 4.40 Å². The van der Waals surface area contributed by atoms with Gasteiger partial charge in [-0.05, 0) is 36.8 Å². The van der Waals surface area contributed by atoms with Gasteiger partial charge in [0.25, 0.3) is 0 Å². The molecule has 0 spiro atoms. The van der Waals surface area contributed by atoms with Crippen molar-refractivity contribution >= 4 is 17.9 Å². The first kappa shape index (κ1) is 8.12. The van der Waals surface area contributed by atoms with Crippen LogP contribution < -0.4 is 5.69 Å². The summed E-state index contributed by atoms with van der Waals surface area (Å²) in [6, 6.07) is 3.65. The molecular formula is C8H7N3OS. The van der Waals surface area contributed by atoms with Gasteiger partial charge in [-0.1, -0.05) is 0 Å². The monoisotopic (exact) mass is 193 g/mol. The van der Waals surface area contributed by atoms with Crippen molar-refractivity contribution in [2.75, 3.05) is 0 Å². The number of aromatic nitrogens is 3. The number of aromatic amines is 1. The maximum absolute atomic E-state index is 11.3. The fourth-order valence-electron chi connectivity index (χ4n) is 1.13. The highest BCUT2D eigenvalue weighted by Gasteiger charge is 1.96. The predicted octanol–water partition coefficient (Wildman–Crippen LogP) is 1.06. The van der Waals surface area contributed by atoms with Gasteiger partial charge in [0.05, 0.1) is 0 Å². The van der Waals surface area contributed by atoms with E-state index < -0.39 is 0 Å². The molecule has 2 heterocycles. The standard InChI is InChI=1S/C8H7N3OS/c1-5-2-3-11-6(4-5)9-7(13)10-8(11)12/h2-4H,1H3,(H,10,12,13). The van der Waals surface area contributed by atoms with Gasteiger partial charge in [-0.25, -0.2) is 9.78 Å². The van der Waals surface area contributed by atoms with Gasteiger partial charge in [-0.2, -0.15) is 0 Å². The third-order valence-electron chi connectivity index (χ3n) is 1.74. The van der Waals surface area contributed by atoms with E-state index in [1.54, 1.807) is 6.20 Å². The second kappa shape index (κ2) is 2.77. The third kappa shape index (κ3) is 1.38. The van der Waals surface area contributed by atoms with E-state index in [9.17, 15) is 4.79 Å². The molecule has 0 atom stereocenters. The van der Waals surface area contributed by atoms with Gasteiger partial charge in [0, 0.05) is 6.20 Å². The summed E-state index contributed by atoms with van der Waals surface area (Å²) in [5.74, 6) is 0. The summed E-state index contributed by atoms with van der Waals surface area (Å²) < 4.78 is 1.64. The quantitative estimate of drug-likeness (QED) is 0.636. The van der Waals surface area contributed by atoms with E-state index in [0.29, 0.717) is 5.65 Å². The number of H-pyrrole nitrogens is 1. The van der Waals surface area contributed by atoms with Crippen molar-refractivity contribution in [3.8, 4) is 0 Å². The normalized spacial score (nSPS) is 10.5. The Morgan fingerprint density at radius 3 is 3.15 bits per heavy atom. The summed E-state index contributed by atoms with van der Waals surface area (Å²) in [5, 5.41) is 0. The summed E-state index contributed by atoms with van der Waals surface area (Å²) in [6.07, 6.45) is 1.67. The minimum absolute atomic E-state index is 0.218. The van der Waals surface area contributed by atoms with Crippen LogP contribution in [0.5, 0.6) is 0 Å². The minimum Gasteiger partial charge on any atom is -0.282 e. The van der Waals surface area contributed by atoms with E-state index in [4.69, 9.17) is 12.2 Å². The van der Waals surface area contributed by atoms with E-state index in [1.807, 2.05) is 19.1 Å².